The first-order valence-corrected chi connectivity index (χ1v) is 9.92. The second kappa shape index (κ2) is 9.15. The molecule has 0 spiro atoms. The zero-order valence-corrected chi connectivity index (χ0v) is 15.5. The van der Waals surface area contributed by atoms with Gasteiger partial charge in [0.05, 0.1) is 0 Å². The van der Waals surface area contributed by atoms with Crippen molar-refractivity contribution in [1.82, 2.24) is 9.80 Å². The maximum atomic E-state index is 13.8. The molecule has 0 bridgehead atoms. The van der Waals surface area contributed by atoms with Crippen molar-refractivity contribution in [2.45, 2.75) is 51.4 Å². The molecule has 142 valence electrons. The van der Waals surface area contributed by atoms with E-state index in [1.807, 2.05) is 21.9 Å². The van der Waals surface area contributed by atoms with Gasteiger partial charge in [-0.1, -0.05) is 18.2 Å². The molecule has 3 rings (SSSR count). The lowest BCUT2D eigenvalue weighted by Gasteiger charge is -2.34. The van der Waals surface area contributed by atoms with Gasteiger partial charge in [-0.2, -0.15) is 0 Å². The number of carbonyl (C=O) groups is 2. The predicted molar refractivity (Wildman–Crippen MR) is 99.1 cm³/mol. The summed E-state index contributed by atoms with van der Waals surface area (Å²) in [5, 5.41) is 0. The normalized spacial score (nSPS) is 21.1. The van der Waals surface area contributed by atoms with Crippen LogP contribution in [0.2, 0.25) is 0 Å². The first kappa shape index (κ1) is 18.9. The number of aryl methyl sites for hydroxylation is 1. The van der Waals surface area contributed by atoms with Crippen molar-refractivity contribution in [2.24, 2.45) is 5.92 Å². The average Bonchev–Trinajstić information content (AvgIpc) is 2.67. The van der Waals surface area contributed by atoms with Gasteiger partial charge in [-0.15, -0.1) is 0 Å². The van der Waals surface area contributed by atoms with E-state index in [0.717, 1.165) is 63.7 Å². The Morgan fingerprint density at radius 3 is 2.81 bits per heavy atom. The van der Waals surface area contributed by atoms with Crippen molar-refractivity contribution in [3.63, 3.8) is 0 Å². The Kier molecular flexibility index (Phi) is 6.64. The van der Waals surface area contributed by atoms with Gasteiger partial charge >= 0.3 is 0 Å². The van der Waals surface area contributed by atoms with Gasteiger partial charge in [0, 0.05) is 39.0 Å². The van der Waals surface area contributed by atoms with Gasteiger partial charge in [0.25, 0.3) is 0 Å². The lowest BCUT2D eigenvalue weighted by Crippen LogP contribution is -2.43. The van der Waals surface area contributed by atoms with E-state index in [1.165, 1.54) is 6.07 Å². The average molecular weight is 360 g/mol. The van der Waals surface area contributed by atoms with Crippen LogP contribution in [0.25, 0.3) is 0 Å². The molecular formula is C21H29FN2O2. The number of piperidine rings is 2. The van der Waals surface area contributed by atoms with Gasteiger partial charge in [-0.25, -0.2) is 4.39 Å². The van der Waals surface area contributed by atoms with E-state index in [4.69, 9.17) is 0 Å². The van der Waals surface area contributed by atoms with E-state index < -0.39 is 0 Å². The first-order valence-electron chi connectivity index (χ1n) is 9.92. The van der Waals surface area contributed by atoms with E-state index >= 15 is 0 Å². The van der Waals surface area contributed by atoms with Crippen LogP contribution in [0.4, 0.5) is 4.39 Å². The molecule has 0 aliphatic carbocycles. The Morgan fingerprint density at radius 1 is 1.15 bits per heavy atom. The van der Waals surface area contributed by atoms with Gasteiger partial charge in [0.1, 0.15) is 5.82 Å². The van der Waals surface area contributed by atoms with Gasteiger partial charge in [-0.05, 0) is 56.1 Å². The molecule has 1 aromatic carbocycles. The molecule has 0 N–H and O–H groups in total. The van der Waals surface area contributed by atoms with Crippen LogP contribution in [0, 0.1) is 11.7 Å². The molecule has 2 aliphatic rings. The zero-order chi connectivity index (χ0) is 18.4. The fraction of sp³-hybridized carbons (Fsp3) is 0.619. The predicted octanol–water partition coefficient (Wildman–Crippen LogP) is 3.40. The van der Waals surface area contributed by atoms with Crippen LogP contribution in [0.15, 0.2) is 24.3 Å². The summed E-state index contributed by atoms with van der Waals surface area (Å²) in [4.78, 5) is 28.2. The number of rotatable bonds is 6. The highest BCUT2D eigenvalue weighted by Gasteiger charge is 2.25. The summed E-state index contributed by atoms with van der Waals surface area (Å²) in [5.74, 6) is 0.635. The fourth-order valence-corrected chi connectivity index (χ4v) is 4.07. The molecule has 2 amide bonds. The zero-order valence-electron chi connectivity index (χ0n) is 15.5. The second-order valence-corrected chi connectivity index (χ2v) is 7.57. The Labute approximate surface area is 155 Å². The molecule has 1 atom stereocenters. The highest BCUT2D eigenvalue weighted by molar-refractivity contribution is 5.79. The molecule has 2 saturated heterocycles. The fourth-order valence-electron chi connectivity index (χ4n) is 4.07. The van der Waals surface area contributed by atoms with Crippen LogP contribution in [-0.2, 0) is 16.0 Å². The Balaban J connectivity index is 1.44. The van der Waals surface area contributed by atoms with Crippen LogP contribution in [0.3, 0.4) is 0 Å². The molecule has 0 radical (unpaired) electrons. The third-order valence-corrected chi connectivity index (χ3v) is 5.67. The van der Waals surface area contributed by atoms with Crippen molar-refractivity contribution >= 4 is 11.8 Å². The van der Waals surface area contributed by atoms with Gasteiger partial charge in [-0.3, -0.25) is 9.59 Å². The van der Waals surface area contributed by atoms with E-state index in [1.54, 1.807) is 6.07 Å². The standard InChI is InChI=1S/C21H29FN2O2/c22-19-8-2-1-7-18(19)11-10-17-6-5-14-24(16-17)21(26)12-15-23-13-4-3-9-20(23)25/h1-2,7-8,17H,3-6,9-16H2/t17-/m0/s1. The number of amides is 2. The van der Waals surface area contributed by atoms with Crippen molar-refractivity contribution in [3.05, 3.63) is 35.6 Å². The maximum Gasteiger partial charge on any atom is 0.224 e. The molecule has 0 aromatic heterocycles. The Hall–Kier alpha value is -1.91. The number of halogens is 1. The summed E-state index contributed by atoms with van der Waals surface area (Å²) >= 11 is 0. The van der Waals surface area contributed by atoms with Crippen LogP contribution >= 0.6 is 0 Å². The summed E-state index contributed by atoms with van der Waals surface area (Å²) in [5.41, 5.74) is 0.763. The number of benzene rings is 1. The third kappa shape index (κ3) is 5.05. The minimum atomic E-state index is -0.137. The number of hydrogen-bond donors (Lipinski definition) is 0. The van der Waals surface area contributed by atoms with Crippen molar-refractivity contribution in [3.8, 4) is 0 Å². The SMILES string of the molecule is O=C1CCCCN1CCC(=O)N1CCC[C@@H](CCc2ccccc2F)C1. The molecule has 26 heavy (non-hydrogen) atoms. The third-order valence-electron chi connectivity index (χ3n) is 5.67. The largest absolute Gasteiger partial charge is 0.342 e. The van der Waals surface area contributed by atoms with Crippen LogP contribution in [-0.4, -0.2) is 47.8 Å². The summed E-state index contributed by atoms with van der Waals surface area (Å²) in [6.45, 7) is 2.91. The molecule has 2 aliphatic heterocycles. The highest BCUT2D eigenvalue weighted by atomic mass is 19.1. The van der Waals surface area contributed by atoms with Crippen LogP contribution in [0.5, 0.6) is 0 Å². The highest BCUT2D eigenvalue weighted by Crippen LogP contribution is 2.23. The molecule has 5 heteroatoms. The van der Waals surface area contributed by atoms with Crippen LogP contribution < -0.4 is 0 Å². The quantitative estimate of drug-likeness (QED) is 0.780. The lowest BCUT2D eigenvalue weighted by molar-refractivity contribution is -0.136. The molecule has 2 heterocycles. The molecule has 2 fully saturated rings. The summed E-state index contributed by atoms with van der Waals surface area (Å²) in [6, 6.07) is 6.94. The summed E-state index contributed by atoms with van der Waals surface area (Å²) < 4.78 is 13.8. The first-order chi connectivity index (χ1) is 12.6. The van der Waals surface area contributed by atoms with Gasteiger partial charge < -0.3 is 9.80 Å². The topological polar surface area (TPSA) is 40.6 Å². The van der Waals surface area contributed by atoms with E-state index in [-0.39, 0.29) is 17.6 Å². The number of carbonyl (C=O) groups excluding carboxylic acids is 2. The molecule has 0 unspecified atom stereocenters. The number of nitrogens with zero attached hydrogens (tertiary/aromatic N) is 2. The lowest BCUT2D eigenvalue weighted by atomic mass is 9.91. The molecule has 4 nitrogen and oxygen atoms in total. The smallest absolute Gasteiger partial charge is 0.224 e. The summed E-state index contributed by atoms with van der Waals surface area (Å²) in [7, 11) is 0. The van der Waals surface area contributed by atoms with Crippen molar-refractivity contribution in [2.75, 3.05) is 26.2 Å². The number of hydrogen-bond acceptors (Lipinski definition) is 2. The maximum absolute atomic E-state index is 13.8. The molecule has 1 aromatic rings. The van der Waals surface area contributed by atoms with E-state index in [9.17, 15) is 14.0 Å². The monoisotopic (exact) mass is 360 g/mol. The Bertz CT molecular complexity index is 634. The molecule has 0 saturated carbocycles. The molecular weight excluding hydrogens is 331 g/mol. The van der Waals surface area contributed by atoms with E-state index in [0.29, 0.717) is 25.3 Å². The second-order valence-electron chi connectivity index (χ2n) is 7.57. The van der Waals surface area contributed by atoms with Crippen molar-refractivity contribution in [1.29, 1.82) is 0 Å². The van der Waals surface area contributed by atoms with Gasteiger partial charge in [0.15, 0.2) is 0 Å². The number of likely N-dealkylation sites (tertiary alicyclic amines) is 2. The minimum Gasteiger partial charge on any atom is -0.342 e. The van der Waals surface area contributed by atoms with E-state index in [2.05, 4.69) is 0 Å². The van der Waals surface area contributed by atoms with Crippen molar-refractivity contribution < 1.29 is 14.0 Å². The summed E-state index contributed by atoms with van der Waals surface area (Å²) in [6.07, 6.45) is 6.80. The Morgan fingerprint density at radius 2 is 2.00 bits per heavy atom. The van der Waals surface area contributed by atoms with Gasteiger partial charge in [0.2, 0.25) is 11.8 Å². The minimum absolute atomic E-state index is 0.137. The van der Waals surface area contributed by atoms with Crippen LogP contribution in [0.1, 0.15) is 50.5 Å².